The number of fused-ring (bicyclic) bond motifs is 4. The van der Waals surface area contributed by atoms with Gasteiger partial charge in [-0.05, 0) is 48.8 Å². The van der Waals surface area contributed by atoms with Gasteiger partial charge in [-0.3, -0.25) is 14.2 Å². The van der Waals surface area contributed by atoms with Gasteiger partial charge in [0.1, 0.15) is 11.4 Å². The zero-order valence-corrected chi connectivity index (χ0v) is 16.1. The van der Waals surface area contributed by atoms with Crippen molar-refractivity contribution in [1.29, 1.82) is 0 Å². The summed E-state index contributed by atoms with van der Waals surface area (Å²) in [5, 5.41) is 0.735. The molecular weight excluding hydrogens is 358 g/mol. The second-order valence-corrected chi connectivity index (χ2v) is 8.72. The fourth-order valence-electron chi connectivity index (χ4n) is 4.31. The molecule has 6 heteroatoms. The molecule has 0 saturated heterocycles. The first-order valence-electron chi connectivity index (χ1n) is 9.50. The molecule has 0 unspecified atom stereocenters. The average Bonchev–Trinajstić information content (AvgIpc) is 3.25. The summed E-state index contributed by atoms with van der Waals surface area (Å²) in [6, 6.07) is 7.97. The van der Waals surface area contributed by atoms with Crippen LogP contribution < -0.4 is 10.5 Å². The highest BCUT2D eigenvalue weighted by molar-refractivity contribution is 7.18. The summed E-state index contributed by atoms with van der Waals surface area (Å²) in [4.78, 5) is 34.4. The molecule has 0 saturated carbocycles. The molecule has 1 aliphatic carbocycles. The van der Waals surface area contributed by atoms with Gasteiger partial charge in [-0.2, -0.15) is 0 Å². The number of rotatable bonds is 2. The number of hydrogen-bond acceptors (Lipinski definition) is 4. The van der Waals surface area contributed by atoms with Crippen LogP contribution >= 0.6 is 11.3 Å². The molecule has 2 aliphatic rings. The number of hydrogen-bond donors (Lipinski definition) is 0. The van der Waals surface area contributed by atoms with Gasteiger partial charge in [0.25, 0.3) is 5.56 Å². The standard InChI is InChI=1S/C21H21N3O2S/c1-13-6-7-15-17(10-13)27-20-19(15)21(26)23(12-22-20)11-18(25)24-9-8-14-4-2-3-5-16(14)24/h2-5,12-13H,6-11H2,1H3/t13-/m1/s1. The third-order valence-corrected chi connectivity index (χ3v) is 6.94. The molecule has 5 rings (SSSR count). The summed E-state index contributed by atoms with van der Waals surface area (Å²) >= 11 is 1.64. The van der Waals surface area contributed by atoms with Gasteiger partial charge in [0, 0.05) is 17.1 Å². The Morgan fingerprint density at radius 3 is 3.04 bits per heavy atom. The van der Waals surface area contributed by atoms with E-state index >= 15 is 0 Å². The van der Waals surface area contributed by atoms with Crippen LogP contribution in [-0.4, -0.2) is 22.0 Å². The van der Waals surface area contributed by atoms with Gasteiger partial charge in [0.05, 0.1) is 11.7 Å². The van der Waals surface area contributed by atoms with E-state index < -0.39 is 0 Å². The monoisotopic (exact) mass is 379 g/mol. The average molecular weight is 379 g/mol. The number of nitrogens with zero attached hydrogens (tertiary/aromatic N) is 3. The van der Waals surface area contributed by atoms with E-state index in [1.165, 1.54) is 26.9 Å². The summed E-state index contributed by atoms with van der Waals surface area (Å²) in [5.74, 6) is 0.602. The van der Waals surface area contributed by atoms with E-state index in [2.05, 4.69) is 18.0 Å². The Morgan fingerprint density at radius 2 is 2.15 bits per heavy atom. The van der Waals surface area contributed by atoms with Gasteiger partial charge >= 0.3 is 0 Å². The van der Waals surface area contributed by atoms with Crippen molar-refractivity contribution in [3.8, 4) is 0 Å². The molecule has 1 aromatic carbocycles. The first-order chi connectivity index (χ1) is 13.1. The molecule has 0 radical (unpaired) electrons. The lowest BCUT2D eigenvalue weighted by Crippen LogP contribution is -2.35. The molecule has 1 amide bonds. The summed E-state index contributed by atoms with van der Waals surface area (Å²) in [5.41, 5.74) is 3.24. The number of thiophene rings is 1. The van der Waals surface area contributed by atoms with Gasteiger partial charge < -0.3 is 4.90 Å². The van der Waals surface area contributed by atoms with E-state index in [1.54, 1.807) is 16.2 Å². The largest absolute Gasteiger partial charge is 0.310 e. The van der Waals surface area contributed by atoms with Gasteiger partial charge in [-0.25, -0.2) is 4.98 Å². The van der Waals surface area contributed by atoms with E-state index in [9.17, 15) is 9.59 Å². The number of aryl methyl sites for hydroxylation is 1. The van der Waals surface area contributed by atoms with E-state index in [1.807, 2.05) is 18.2 Å². The van der Waals surface area contributed by atoms with Crippen LogP contribution in [-0.2, 0) is 30.6 Å². The van der Waals surface area contributed by atoms with Crippen molar-refractivity contribution < 1.29 is 4.79 Å². The number of benzene rings is 1. The van der Waals surface area contributed by atoms with E-state index in [0.29, 0.717) is 12.5 Å². The van der Waals surface area contributed by atoms with Crippen molar-refractivity contribution in [3.63, 3.8) is 0 Å². The summed E-state index contributed by atoms with van der Waals surface area (Å²) in [7, 11) is 0. The minimum atomic E-state index is -0.0760. The van der Waals surface area contributed by atoms with Crippen molar-refractivity contribution in [2.24, 2.45) is 5.92 Å². The summed E-state index contributed by atoms with van der Waals surface area (Å²) in [6.45, 7) is 2.97. The lowest BCUT2D eigenvalue weighted by Gasteiger charge is -2.18. The molecule has 0 fully saturated rings. The van der Waals surface area contributed by atoms with Crippen LogP contribution in [0.1, 0.15) is 29.3 Å². The molecule has 0 spiro atoms. The Hall–Kier alpha value is -2.47. The lowest BCUT2D eigenvalue weighted by molar-refractivity contribution is -0.119. The number of carbonyl (C=O) groups excluding carboxylic acids is 1. The van der Waals surface area contributed by atoms with Crippen molar-refractivity contribution in [1.82, 2.24) is 9.55 Å². The van der Waals surface area contributed by atoms with Crippen LogP contribution in [0.25, 0.3) is 10.2 Å². The van der Waals surface area contributed by atoms with Gasteiger partial charge in [-0.15, -0.1) is 11.3 Å². The molecular formula is C21H21N3O2S. The second kappa shape index (κ2) is 6.30. The van der Waals surface area contributed by atoms with Crippen LogP contribution in [0, 0.1) is 5.92 Å². The smallest absolute Gasteiger partial charge is 0.262 e. The number of anilines is 1. The summed E-state index contributed by atoms with van der Waals surface area (Å²) < 4.78 is 1.48. The Morgan fingerprint density at radius 1 is 1.30 bits per heavy atom. The van der Waals surface area contributed by atoms with Crippen LogP contribution in [0.15, 0.2) is 35.4 Å². The molecule has 3 aromatic rings. The quantitative estimate of drug-likeness (QED) is 0.687. The molecule has 0 bridgehead atoms. The molecule has 1 atom stereocenters. The SMILES string of the molecule is C[C@@H]1CCc2c(sc3ncn(CC(=O)N4CCc5ccccc54)c(=O)c23)C1. The number of amides is 1. The van der Waals surface area contributed by atoms with Crippen molar-refractivity contribution in [3.05, 3.63) is 57.0 Å². The zero-order valence-electron chi connectivity index (χ0n) is 15.3. The molecule has 27 heavy (non-hydrogen) atoms. The molecule has 1 aliphatic heterocycles. The van der Waals surface area contributed by atoms with Crippen molar-refractivity contribution >= 4 is 33.1 Å². The zero-order chi connectivity index (χ0) is 18.5. The number of para-hydroxylation sites is 1. The fourth-order valence-corrected chi connectivity index (χ4v) is 5.65. The summed E-state index contributed by atoms with van der Waals surface area (Å²) in [6.07, 6.45) is 5.47. The van der Waals surface area contributed by atoms with E-state index in [0.717, 1.165) is 41.6 Å². The third kappa shape index (κ3) is 2.70. The predicted molar refractivity (Wildman–Crippen MR) is 108 cm³/mol. The molecule has 5 nitrogen and oxygen atoms in total. The molecule has 2 aromatic heterocycles. The number of carbonyl (C=O) groups is 1. The highest BCUT2D eigenvalue weighted by Crippen LogP contribution is 2.35. The Labute approximate surface area is 161 Å². The van der Waals surface area contributed by atoms with Crippen LogP contribution in [0.3, 0.4) is 0 Å². The highest BCUT2D eigenvalue weighted by Gasteiger charge is 2.26. The maximum absolute atomic E-state index is 13.1. The van der Waals surface area contributed by atoms with Gasteiger partial charge in [0.2, 0.25) is 5.91 Å². The topological polar surface area (TPSA) is 55.2 Å². The normalized spacial score (nSPS) is 18.6. The first kappa shape index (κ1) is 16.7. The fraction of sp³-hybridized carbons (Fsp3) is 0.381. The van der Waals surface area contributed by atoms with Crippen LogP contribution in [0.5, 0.6) is 0 Å². The second-order valence-electron chi connectivity index (χ2n) is 7.63. The Bertz CT molecular complexity index is 1110. The van der Waals surface area contributed by atoms with Crippen molar-refractivity contribution in [2.75, 3.05) is 11.4 Å². The van der Waals surface area contributed by atoms with Gasteiger partial charge in [-0.1, -0.05) is 25.1 Å². The van der Waals surface area contributed by atoms with Crippen LogP contribution in [0.2, 0.25) is 0 Å². The Kier molecular flexibility index (Phi) is 3.90. The highest BCUT2D eigenvalue weighted by atomic mass is 32.1. The molecule has 3 heterocycles. The van der Waals surface area contributed by atoms with E-state index in [4.69, 9.17) is 0 Å². The first-order valence-corrected chi connectivity index (χ1v) is 10.3. The Balaban J connectivity index is 1.49. The molecule has 138 valence electrons. The maximum atomic E-state index is 13.1. The van der Waals surface area contributed by atoms with Crippen molar-refractivity contribution in [2.45, 2.75) is 39.2 Å². The molecule has 0 N–H and O–H groups in total. The van der Waals surface area contributed by atoms with E-state index in [-0.39, 0.29) is 18.0 Å². The third-order valence-electron chi connectivity index (χ3n) is 5.78. The van der Waals surface area contributed by atoms with Crippen LogP contribution in [0.4, 0.5) is 5.69 Å². The number of aromatic nitrogens is 2. The minimum Gasteiger partial charge on any atom is -0.310 e. The maximum Gasteiger partial charge on any atom is 0.262 e. The lowest BCUT2D eigenvalue weighted by atomic mass is 9.89. The van der Waals surface area contributed by atoms with Gasteiger partial charge in [0.15, 0.2) is 0 Å². The minimum absolute atomic E-state index is 0.0388. The predicted octanol–water partition coefficient (Wildman–Crippen LogP) is 3.17.